The molecular weight excluding hydrogens is 787 g/mol. The van der Waals surface area contributed by atoms with Crippen molar-refractivity contribution in [3.05, 3.63) is 72.2 Å². The third-order valence-corrected chi connectivity index (χ3v) is 14.6. The van der Waals surface area contributed by atoms with E-state index in [1.807, 2.05) is 29.8 Å². The normalized spacial score (nSPS) is 25.9. The lowest BCUT2D eigenvalue weighted by Crippen LogP contribution is -2.56. The molecule has 62 heavy (non-hydrogen) atoms. The predicted octanol–water partition coefficient (Wildman–Crippen LogP) is 7.10. The molecule has 0 spiro atoms. The number of imidazole rings is 1. The van der Waals surface area contributed by atoms with E-state index in [4.69, 9.17) is 24.2 Å². The number of hydrogen-bond acceptors (Lipinski definition) is 9. The van der Waals surface area contributed by atoms with Crippen molar-refractivity contribution in [3.63, 3.8) is 0 Å². The number of rotatable bonds is 10. The SMILES string of the molecule is COC(=O)N[C@H](C(=O)N1[C@@H]2CC[C@@H](C2)[C@H]1c1ncc(-c2ccc(-c3ccc4c5c(ccc4c3)N=C([C@@H]3C[C@H]4C[C@H]4N3C(=O)[C@@H](NC(=O)OC)C3CCOCC3)C5)cc2)[nH]1)C(C)C. The summed E-state index contributed by atoms with van der Waals surface area (Å²) in [5.41, 5.74) is 7.25. The van der Waals surface area contributed by atoms with Crippen LogP contribution >= 0.6 is 0 Å². The van der Waals surface area contributed by atoms with Gasteiger partial charge in [-0.3, -0.25) is 14.6 Å². The number of nitrogens with one attached hydrogen (secondary N) is 3. The number of hydrogen-bond donors (Lipinski definition) is 3. The number of H-pyrrole nitrogens is 1. The number of aliphatic imine (C=N–C) groups is 1. The van der Waals surface area contributed by atoms with Crippen LogP contribution in [-0.2, 0) is 30.2 Å². The van der Waals surface area contributed by atoms with Crippen molar-refractivity contribution in [1.82, 2.24) is 30.4 Å². The number of aromatic nitrogens is 2. The van der Waals surface area contributed by atoms with E-state index in [0.29, 0.717) is 44.3 Å². The first-order chi connectivity index (χ1) is 30.1. The van der Waals surface area contributed by atoms with Crippen molar-refractivity contribution in [2.75, 3.05) is 27.4 Å². The third-order valence-electron chi connectivity index (χ3n) is 14.6. The molecule has 3 N–H and O–H groups in total. The van der Waals surface area contributed by atoms with Crippen molar-refractivity contribution in [2.24, 2.45) is 28.7 Å². The van der Waals surface area contributed by atoms with E-state index in [1.54, 1.807) is 0 Å². The zero-order valence-electron chi connectivity index (χ0n) is 35.8. The second-order valence-corrected chi connectivity index (χ2v) is 18.4. The molecule has 3 aromatic carbocycles. The molecule has 5 fully saturated rings. The molecule has 5 heterocycles. The first-order valence-electron chi connectivity index (χ1n) is 22.3. The molecule has 0 radical (unpaired) electrons. The van der Waals surface area contributed by atoms with Crippen molar-refractivity contribution in [1.29, 1.82) is 0 Å². The molecule has 324 valence electrons. The summed E-state index contributed by atoms with van der Waals surface area (Å²) in [4.78, 5) is 70.5. The molecule has 0 unspecified atom stereocenters. The molecule has 6 aliphatic rings. The number of carbonyl (C=O) groups is 4. The molecule has 14 nitrogen and oxygen atoms in total. The summed E-state index contributed by atoms with van der Waals surface area (Å²) < 4.78 is 15.4. The smallest absolute Gasteiger partial charge is 0.407 e. The van der Waals surface area contributed by atoms with Gasteiger partial charge in [0.15, 0.2) is 0 Å². The molecule has 4 aliphatic heterocycles. The van der Waals surface area contributed by atoms with Gasteiger partial charge in [-0.25, -0.2) is 14.6 Å². The second kappa shape index (κ2) is 16.2. The van der Waals surface area contributed by atoms with Crippen molar-refractivity contribution < 1.29 is 33.4 Å². The van der Waals surface area contributed by atoms with Crippen LogP contribution in [0.1, 0.15) is 76.2 Å². The molecule has 2 aliphatic carbocycles. The summed E-state index contributed by atoms with van der Waals surface area (Å²) in [5, 5.41) is 7.95. The Morgan fingerprint density at radius 2 is 1.55 bits per heavy atom. The lowest BCUT2D eigenvalue weighted by atomic mass is 9.90. The highest BCUT2D eigenvalue weighted by Gasteiger charge is 2.57. The van der Waals surface area contributed by atoms with Crippen molar-refractivity contribution in [2.45, 2.75) is 101 Å². The molecule has 10 rings (SSSR count). The van der Waals surface area contributed by atoms with Gasteiger partial charge in [-0.1, -0.05) is 56.3 Å². The first kappa shape index (κ1) is 40.3. The number of ether oxygens (including phenoxy) is 3. The standard InChI is InChI=1S/C48H55N7O7/c1-25(2)41(52-47(58)60-3)45(56)54-33-12-9-31(20-33)43(54)44-49-24-38(51-44)27-7-5-26(6-8-27)29-10-13-34-30(19-29)11-14-36-35(34)23-37(50-36)40-22-32-21-39(32)55(40)46(57)42(53-48(59)61-4)28-15-17-62-18-16-28/h5-8,10-11,13-14,19,24-25,28,31-33,39-43H,9,12,15-18,20-23H2,1-4H3,(H,49,51)(H,52,58)(H,53,59)/t31-,32+,33+,39+,40-,41-,42-,43-/m0/s1. The van der Waals surface area contributed by atoms with Crippen LogP contribution in [0.2, 0.25) is 0 Å². The Labute approximate surface area is 361 Å². The maximum absolute atomic E-state index is 14.4. The number of nitrogens with zero attached hydrogens (tertiary/aromatic N) is 4. The maximum Gasteiger partial charge on any atom is 0.407 e. The highest BCUT2D eigenvalue weighted by atomic mass is 16.5. The fraction of sp³-hybridized carbons (Fsp3) is 0.500. The van der Waals surface area contributed by atoms with Gasteiger partial charge in [-0.15, -0.1) is 0 Å². The van der Waals surface area contributed by atoms with Gasteiger partial charge in [0.25, 0.3) is 0 Å². The molecular formula is C48H55N7O7. The minimum absolute atomic E-state index is 0.00580. The van der Waals surface area contributed by atoms with Crippen LogP contribution < -0.4 is 10.6 Å². The van der Waals surface area contributed by atoms with E-state index < -0.39 is 24.3 Å². The number of likely N-dealkylation sites (tertiary alicyclic amines) is 2. The van der Waals surface area contributed by atoms with E-state index in [1.165, 1.54) is 19.8 Å². The van der Waals surface area contributed by atoms with E-state index in [2.05, 4.69) is 70.2 Å². The van der Waals surface area contributed by atoms with Gasteiger partial charge in [0, 0.05) is 37.4 Å². The van der Waals surface area contributed by atoms with Gasteiger partial charge < -0.3 is 39.6 Å². The summed E-state index contributed by atoms with van der Waals surface area (Å²) in [6.45, 7) is 5.02. The van der Waals surface area contributed by atoms with Gasteiger partial charge in [0.2, 0.25) is 11.8 Å². The van der Waals surface area contributed by atoms with Crippen LogP contribution in [0.15, 0.2) is 65.8 Å². The van der Waals surface area contributed by atoms with E-state index >= 15 is 0 Å². The Morgan fingerprint density at radius 3 is 2.31 bits per heavy atom. The number of fused-ring (bicyclic) bond motifs is 6. The second-order valence-electron chi connectivity index (χ2n) is 18.4. The van der Waals surface area contributed by atoms with Gasteiger partial charge in [0.1, 0.15) is 17.9 Å². The first-order valence-corrected chi connectivity index (χ1v) is 22.3. The lowest BCUT2D eigenvalue weighted by Gasteiger charge is -2.37. The van der Waals surface area contributed by atoms with Gasteiger partial charge in [-0.2, -0.15) is 0 Å². The molecule has 3 saturated heterocycles. The highest BCUT2D eigenvalue weighted by molar-refractivity contribution is 6.06. The summed E-state index contributed by atoms with van der Waals surface area (Å²) in [6, 6.07) is 18.0. The summed E-state index contributed by atoms with van der Waals surface area (Å²) >= 11 is 0. The van der Waals surface area contributed by atoms with Gasteiger partial charge in [-0.05, 0) is 114 Å². The Bertz CT molecular complexity index is 2440. The molecule has 1 aromatic heterocycles. The number of piperidine rings is 2. The Morgan fingerprint density at radius 1 is 0.806 bits per heavy atom. The van der Waals surface area contributed by atoms with Crippen LogP contribution in [0, 0.1) is 23.7 Å². The Kier molecular flexibility index (Phi) is 10.5. The number of alkyl carbamates (subject to hydrolysis) is 2. The van der Waals surface area contributed by atoms with Crippen LogP contribution in [0.4, 0.5) is 15.3 Å². The van der Waals surface area contributed by atoms with Crippen LogP contribution in [0.3, 0.4) is 0 Å². The molecule has 2 bridgehead atoms. The Balaban J connectivity index is 0.840. The van der Waals surface area contributed by atoms with E-state index in [9.17, 15) is 19.2 Å². The zero-order chi connectivity index (χ0) is 42.8. The van der Waals surface area contributed by atoms with Crippen molar-refractivity contribution in [3.8, 4) is 22.4 Å². The largest absolute Gasteiger partial charge is 0.453 e. The monoisotopic (exact) mass is 841 g/mol. The molecule has 4 amide bonds. The maximum atomic E-state index is 14.4. The highest BCUT2D eigenvalue weighted by Crippen LogP contribution is 2.52. The average Bonchev–Trinajstić information content (AvgIpc) is 3.92. The minimum atomic E-state index is -0.682. The summed E-state index contributed by atoms with van der Waals surface area (Å²) in [5.74, 6) is 1.33. The fourth-order valence-corrected chi connectivity index (χ4v) is 11.3. The summed E-state index contributed by atoms with van der Waals surface area (Å²) in [6.07, 6.45) is 7.60. The Hall–Kier alpha value is -5.76. The predicted molar refractivity (Wildman–Crippen MR) is 233 cm³/mol. The van der Waals surface area contributed by atoms with Crippen LogP contribution in [0.25, 0.3) is 33.2 Å². The molecule has 2 saturated carbocycles. The molecule has 8 atom stereocenters. The van der Waals surface area contributed by atoms with Gasteiger partial charge in [0.05, 0.1) is 43.9 Å². The topological polar surface area (TPSA) is 168 Å². The number of amides is 4. The number of carbonyl (C=O) groups excluding carboxylic acids is 4. The minimum Gasteiger partial charge on any atom is -0.453 e. The number of methoxy groups -OCH3 is 2. The number of aromatic amines is 1. The van der Waals surface area contributed by atoms with Crippen molar-refractivity contribution >= 4 is 46.2 Å². The third kappa shape index (κ3) is 7.19. The average molecular weight is 842 g/mol. The zero-order valence-corrected chi connectivity index (χ0v) is 35.8. The molecule has 14 heteroatoms. The van der Waals surface area contributed by atoms with Crippen LogP contribution in [-0.4, -0.2) is 107 Å². The quantitative estimate of drug-likeness (QED) is 0.152. The van der Waals surface area contributed by atoms with E-state index in [-0.39, 0.29) is 47.8 Å². The lowest BCUT2D eigenvalue weighted by molar-refractivity contribution is -0.139. The van der Waals surface area contributed by atoms with Crippen LogP contribution in [0.5, 0.6) is 0 Å². The number of benzene rings is 3. The van der Waals surface area contributed by atoms with Gasteiger partial charge >= 0.3 is 12.2 Å². The summed E-state index contributed by atoms with van der Waals surface area (Å²) in [7, 11) is 2.64. The van der Waals surface area contributed by atoms with E-state index in [0.717, 1.165) is 82.5 Å². The fourth-order valence-electron chi connectivity index (χ4n) is 11.3. The molecule has 4 aromatic rings.